The molecule has 1 fully saturated rings. The third kappa shape index (κ3) is 3.31. The summed E-state index contributed by atoms with van der Waals surface area (Å²) in [5.74, 6) is -0.376. The summed E-state index contributed by atoms with van der Waals surface area (Å²) in [4.78, 5) is 30.8. The molecule has 5 nitrogen and oxygen atoms in total. The van der Waals surface area contributed by atoms with Gasteiger partial charge in [0.05, 0.1) is 12.6 Å². The molecule has 0 bridgehead atoms. The Morgan fingerprint density at radius 2 is 2.16 bits per heavy atom. The molecule has 0 unspecified atom stereocenters. The molecular weight excluding hydrogens is 336 g/mol. The van der Waals surface area contributed by atoms with E-state index in [1.165, 1.54) is 11.1 Å². The number of aromatic nitrogens is 1. The van der Waals surface area contributed by atoms with Crippen molar-refractivity contribution in [1.29, 1.82) is 0 Å². The Balaban J connectivity index is 1.66. The van der Waals surface area contributed by atoms with Crippen molar-refractivity contribution in [2.24, 2.45) is 0 Å². The van der Waals surface area contributed by atoms with E-state index in [2.05, 4.69) is 17.1 Å². The molecule has 1 aromatic carbocycles. The SMILES string of the molecule is O=C1CC[C@H](C(=O)N(Cc2nccs2)[C@H]2CCCc3ccccc32)O1. The maximum Gasteiger partial charge on any atom is 0.306 e. The number of esters is 1. The highest BCUT2D eigenvalue weighted by Crippen LogP contribution is 2.36. The van der Waals surface area contributed by atoms with Gasteiger partial charge in [-0.1, -0.05) is 24.3 Å². The van der Waals surface area contributed by atoms with Crippen LogP contribution in [-0.2, 0) is 27.3 Å². The standard InChI is InChI=1S/C19H20N2O3S/c22-18-9-8-16(24-18)19(23)21(12-17-20-10-11-25-17)15-7-3-5-13-4-1-2-6-14(13)15/h1-2,4,6,10-11,15-16H,3,5,7-9,12H2/t15-,16+/m0/s1. The largest absolute Gasteiger partial charge is 0.452 e. The average molecular weight is 356 g/mol. The molecule has 0 saturated carbocycles. The van der Waals surface area contributed by atoms with Crippen LogP contribution in [0.15, 0.2) is 35.8 Å². The first-order chi connectivity index (χ1) is 12.2. The fourth-order valence-corrected chi connectivity index (χ4v) is 4.37. The molecule has 2 aliphatic rings. The van der Waals surface area contributed by atoms with Crippen molar-refractivity contribution in [3.05, 3.63) is 52.0 Å². The van der Waals surface area contributed by atoms with Gasteiger partial charge in [0.25, 0.3) is 5.91 Å². The van der Waals surface area contributed by atoms with Crippen molar-refractivity contribution in [1.82, 2.24) is 9.88 Å². The topological polar surface area (TPSA) is 59.5 Å². The van der Waals surface area contributed by atoms with E-state index in [-0.39, 0.29) is 17.9 Å². The average Bonchev–Trinajstić information content (AvgIpc) is 3.30. The van der Waals surface area contributed by atoms with Crippen molar-refractivity contribution in [2.45, 2.75) is 50.8 Å². The number of aryl methyl sites for hydroxylation is 1. The molecule has 1 amide bonds. The minimum Gasteiger partial charge on any atom is -0.452 e. The number of rotatable bonds is 4. The van der Waals surface area contributed by atoms with Crippen LogP contribution < -0.4 is 0 Å². The van der Waals surface area contributed by atoms with E-state index >= 15 is 0 Å². The lowest BCUT2D eigenvalue weighted by molar-refractivity contribution is -0.155. The molecule has 0 radical (unpaired) electrons. The van der Waals surface area contributed by atoms with Crippen LogP contribution in [0, 0.1) is 0 Å². The van der Waals surface area contributed by atoms with Crippen LogP contribution in [0.3, 0.4) is 0 Å². The predicted molar refractivity (Wildman–Crippen MR) is 93.9 cm³/mol. The number of thiazole rings is 1. The summed E-state index contributed by atoms with van der Waals surface area (Å²) < 4.78 is 5.25. The number of nitrogens with zero attached hydrogens (tertiary/aromatic N) is 2. The summed E-state index contributed by atoms with van der Waals surface area (Å²) in [5.41, 5.74) is 2.52. The molecule has 6 heteroatoms. The van der Waals surface area contributed by atoms with Crippen molar-refractivity contribution in [3.63, 3.8) is 0 Å². The Hall–Kier alpha value is -2.21. The van der Waals surface area contributed by atoms with E-state index in [9.17, 15) is 9.59 Å². The maximum atomic E-state index is 13.2. The Morgan fingerprint density at radius 1 is 1.28 bits per heavy atom. The van der Waals surface area contributed by atoms with Crippen LogP contribution in [0.2, 0.25) is 0 Å². The quantitative estimate of drug-likeness (QED) is 0.789. The third-order valence-corrected chi connectivity index (χ3v) is 5.71. The van der Waals surface area contributed by atoms with Gasteiger partial charge in [-0.05, 0) is 30.4 Å². The van der Waals surface area contributed by atoms with Crippen LogP contribution in [0.4, 0.5) is 0 Å². The smallest absolute Gasteiger partial charge is 0.306 e. The first-order valence-corrected chi connectivity index (χ1v) is 9.56. The van der Waals surface area contributed by atoms with Gasteiger partial charge in [-0.2, -0.15) is 0 Å². The lowest BCUT2D eigenvalue weighted by Gasteiger charge is -2.36. The summed E-state index contributed by atoms with van der Waals surface area (Å²) in [5, 5.41) is 2.82. The van der Waals surface area contributed by atoms with Gasteiger partial charge in [-0.15, -0.1) is 11.3 Å². The lowest BCUT2D eigenvalue weighted by atomic mass is 9.86. The highest BCUT2D eigenvalue weighted by molar-refractivity contribution is 7.09. The second-order valence-corrected chi connectivity index (χ2v) is 7.50. The minimum atomic E-state index is -0.651. The van der Waals surface area contributed by atoms with E-state index in [0.29, 0.717) is 19.4 Å². The number of fused-ring (bicyclic) bond motifs is 1. The van der Waals surface area contributed by atoms with Gasteiger partial charge in [-0.25, -0.2) is 4.98 Å². The summed E-state index contributed by atoms with van der Waals surface area (Å²) in [6.07, 6.45) is 4.92. The zero-order valence-corrected chi connectivity index (χ0v) is 14.7. The number of carbonyl (C=O) groups is 2. The van der Waals surface area contributed by atoms with Gasteiger partial charge >= 0.3 is 5.97 Å². The molecule has 1 aliphatic carbocycles. The van der Waals surface area contributed by atoms with E-state index in [1.54, 1.807) is 17.5 Å². The fraction of sp³-hybridized carbons (Fsp3) is 0.421. The molecular formula is C19H20N2O3S. The van der Waals surface area contributed by atoms with Crippen LogP contribution in [0.1, 0.15) is 47.9 Å². The molecule has 2 heterocycles. The summed E-state index contributed by atoms with van der Waals surface area (Å²) >= 11 is 1.54. The second kappa shape index (κ2) is 6.96. The van der Waals surface area contributed by atoms with Gasteiger partial charge < -0.3 is 9.64 Å². The van der Waals surface area contributed by atoms with Crippen LogP contribution in [-0.4, -0.2) is 27.9 Å². The number of ether oxygens (including phenoxy) is 1. The fourth-order valence-electron chi connectivity index (χ4n) is 3.75. The monoisotopic (exact) mass is 356 g/mol. The van der Waals surface area contributed by atoms with Crippen molar-refractivity contribution in [3.8, 4) is 0 Å². The molecule has 1 aromatic heterocycles. The van der Waals surface area contributed by atoms with Crippen molar-refractivity contribution in [2.75, 3.05) is 0 Å². The number of carbonyl (C=O) groups excluding carboxylic acids is 2. The van der Waals surface area contributed by atoms with Gasteiger partial charge in [0, 0.05) is 24.4 Å². The lowest BCUT2D eigenvalue weighted by Crippen LogP contribution is -2.42. The number of cyclic esters (lactones) is 1. The molecule has 2 aromatic rings. The Morgan fingerprint density at radius 3 is 2.92 bits per heavy atom. The predicted octanol–water partition coefficient (Wildman–Crippen LogP) is 3.25. The minimum absolute atomic E-state index is 0.0145. The number of benzene rings is 1. The molecule has 25 heavy (non-hydrogen) atoms. The Bertz CT molecular complexity index is 775. The Labute approximate surface area is 150 Å². The van der Waals surface area contributed by atoms with E-state index < -0.39 is 6.10 Å². The maximum absolute atomic E-state index is 13.2. The Kier molecular flexibility index (Phi) is 4.53. The first kappa shape index (κ1) is 16.3. The molecule has 4 rings (SSSR count). The van der Waals surface area contributed by atoms with Crippen molar-refractivity contribution >= 4 is 23.2 Å². The van der Waals surface area contributed by atoms with E-state index in [1.807, 2.05) is 22.4 Å². The molecule has 1 aliphatic heterocycles. The zero-order valence-electron chi connectivity index (χ0n) is 13.9. The summed E-state index contributed by atoms with van der Waals surface area (Å²) in [7, 11) is 0. The molecule has 0 N–H and O–H groups in total. The summed E-state index contributed by atoms with van der Waals surface area (Å²) in [6, 6.07) is 8.34. The molecule has 2 atom stereocenters. The van der Waals surface area contributed by atoms with Crippen molar-refractivity contribution < 1.29 is 14.3 Å². The third-order valence-electron chi connectivity index (χ3n) is 4.95. The van der Waals surface area contributed by atoms with Crippen LogP contribution >= 0.6 is 11.3 Å². The summed E-state index contributed by atoms with van der Waals surface area (Å²) in [6.45, 7) is 0.462. The van der Waals surface area contributed by atoms with Gasteiger partial charge in [0.2, 0.25) is 0 Å². The van der Waals surface area contributed by atoms with Crippen LogP contribution in [0.25, 0.3) is 0 Å². The second-order valence-electron chi connectivity index (χ2n) is 6.52. The van der Waals surface area contributed by atoms with E-state index in [4.69, 9.17) is 4.74 Å². The number of hydrogen-bond donors (Lipinski definition) is 0. The van der Waals surface area contributed by atoms with Gasteiger partial charge in [0.15, 0.2) is 6.10 Å². The van der Waals surface area contributed by atoms with Crippen LogP contribution in [0.5, 0.6) is 0 Å². The first-order valence-electron chi connectivity index (χ1n) is 8.68. The highest BCUT2D eigenvalue weighted by atomic mass is 32.1. The zero-order chi connectivity index (χ0) is 17.2. The molecule has 130 valence electrons. The molecule has 0 spiro atoms. The van der Waals surface area contributed by atoms with Gasteiger partial charge in [0.1, 0.15) is 5.01 Å². The number of amides is 1. The normalized spacial score (nSPS) is 22.3. The van der Waals surface area contributed by atoms with Gasteiger partial charge in [-0.3, -0.25) is 9.59 Å². The molecule has 1 saturated heterocycles. The number of hydrogen-bond acceptors (Lipinski definition) is 5. The van der Waals surface area contributed by atoms with E-state index in [0.717, 1.165) is 24.3 Å². The highest BCUT2D eigenvalue weighted by Gasteiger charge is 2.37.